The van der Waals surface area contributed by atoms with Gasteiger partial charge in [0, 0.05) is 12.6 Å². The molecule has 2 rings (SSSR count). The Hall–Kier alpha value is -2.45. The molecule has 0 radical (unpaired) electrons. The summed E-state index contributed by atoms with van der Waals surface area (Å²) < 4.78 is 31.0. The average Bonchev–Trinajstić information content (AvgIpc) is 3.06. The molecule has 1 N–H and O–H groups in total. The third-order valence-corrected chi connectivity index (χ3v) is 5.15. The van der Waals surface area contributed by atoms with Gasteiger partial charge in [0.25, 0.3) is 0 Å². The number of Topliss-reactive ketones (excluding diaryl/α,β-unsaturated/α-hetero) is 1. The summed E-state index contributed by atoms with van der Waals surface area (Å²) in [6.45, 7) is 1.20. The number of benzene rings is 1. The molecule has 1 aromatic heterocycles. The monoisotopic (exact) mass is 350 g/mol. The Balaban J connectivity index is 2.04. The van der Waals surface area contributed by atoms with Gasteiger partial charge in [-0.25, -0.2) is 8.42 Å². The van der Waals surface area contributed by atoms with Gasteiger partial charge < -0.3 is 9.73 Å². The lowest BCUT2D eigenvalue weighted by molar-refractivity contribution is -0.121. The SMILES string of the molecule is CC(=O)c1cccc(S(=O)(=O)N(C)CC(=O)NCc2ccco2)c1. The Labute approximate surface area is 140 Å². The quantitative estimate of drug-likeness (QED) is 0.762. The molecule has 1 heterocycles. The van der Waals surface area contributed by atoms with Gasteiger partial charge in [-0.15, -0.1) is 0 Å². The van der Waals surface area contributed by atoms with E-state index >= 15 is 0 Å². The molecule has 0 saturated heterocycles. The van der Waals surface area contributed by atoms with Crippen molar-refractivity contribution in [1.82, 2.24) is 9.62 Å². The van der Waals surface area contributed by atoms with Gasteiger partial charge in [0.1, 0.15) is 5.76 Å². The van der Waals surface area contributed by atoms with Gasteiger partial charge in [0.05, 0.1) is 24.2 Å². The highest BCUT2D eigenvalue weighted by molar-refractivity contribution is 7.89. The first kappa shape index (κ1) is 17.9. The molecule has 1 aromatic carbocycles. The number of amides is 1. The number of sulfonamides is 1. The van der Waals surface area contributed by atoms with Crippen LogP contribution in [0.15, 0.2) is 52.0 Å². The molecule has 0 fully saturated rings. The fourth-order valence-electron chi connectivity index (χ4n) is 2.00. The fourth-order valence-corrected chi connectivity index (χ4v) is 3.17. The van der Waals surface area contributed by atoms with Crippen molar-refractivity contribution in [3.05, 3.63) is 54.0 Å². The Morgan fingerprint density at radius 2 is 1.96 bits per heavy atom. The molecule has 128 valence electrons. The van der Waals surface area contributed by atoms with Crippen LogP contribution in [0.3, 0.4) is 0 Å². The first-order valence-corrected chi connectivity index (χ1v) is 8.61. The molecule has 8 heteroatoms. The highest BCUT2D eigenvalue weighted by Crippen LogP contribution is 2.16. The van der Waals surface area contributed by atoms with Crippen LogP contribution in [0.1, 0.15) is 23.0 Å². The smallest absolute Gasteiger partial charge is 0.243 e. The Kier molecular flexibility index (Phi) is 5.53. The second-order valence-electron chi connectivity index (χ2n) is 5.20. The van der Waals surface area contributed by atoms with E-state index in [1.54, 1.807) is 12.1 Å². The highest BCUT2D eigenvalue weighted by atomic mass is 32.2. The molecule has 0 unspecified atom stereocenters. The average molecular weight is 350 g/mol. The van der Waals surface area contributed by atoms with Gasteiger partial charge in [-0.2, -0.15) is 4.31 Å². The standard InChI is InChI=1S/C16H18N2O5S/c1-12(19)13-5-3-7-15(9-13)24(21,22)18(2)11-16(20)17-10-14-6-4-8-23-14/h3-9H,10-11H2,1-2H3,(H,17,20). The summed E-state index contributed by atoms with van der Waals surface area (Å²) in [7, 11) is -2.56. The molecule has 0 aliphatic rings. The van der Waals surface area contributed by atoms with Crippen molar-refractivity contribution in [2.24, 2.45) is 0 Å². The Morgan fingerprint density at radius 3 is 2.58 bits per heavy atom. The normalized spacial score (nSPS) is 11.5. The highest BCUT2D eigenvalue weighted by Gasteiger charge is 2.23. The Bertz CT molecular complexity index is 828. The van der Waals surface area contributed by atoms with E-state index in [-0.39, 0.29) is 23.8 Å². The van der Waals surface area contributed by atoms with E-state index in [1.165, 1.54) is 44.5 Å². The zero-order valence-electron chi connectivity index (χ0n) is 13.4. The minimum Gasteiger partial charge on any atom is -0.467 e. The van der Waals surface area contributed by atoms with Gasteiger partial charge in [0.2, 0.25) is 15.9 Å². The second kappa shape index (κ2) is 7.41. The van der Waals surface area contributed by atoms with Crippen LogP contribution in [0.4, 0.5) is 0 Å². The summed E-state index contributed by atoms with van der Waals surface area (Å²) in [6.07, 6.45) is 1.49. The number of hydrogen-bond acceptors (Lipinski definition) is 5. The number of nitrogens with one attached hydrogen (secondary N) is 1. The largest absolute Gasteiger partial charge is 0.467 e. The number of carbonyl (C=O) groups is 2. The predicted molar refractivity (Wildman–Crippen MR) is 86.8 cm³/mol. The number of carbonyl (C=O) groups excluding carboxylic acids is 2. The molecule has 24 heavy (non-hydrogen) atoms. The zero-order chi connectivity index (χ0) is 17.7. The molecular formula is C16H18N2O5S. The lowest BCUT2D eigenvalue weighted by Crippen LogP contribution is -2.38. The van der Waals surface area contributed by atoms with Crippen molar-refractivity contribution in [2.45, 2.75) is 18.4 Å². The second-order valence-corrected chi connectivity index (χ2v) is 7.25. The minimum atomic E-state index is -3.87. The summed E-state index contributed by atoms with van der Waals surface area (Å²) in [6, 6.07) is 9.12. The van der Waals surface area contributed by atoms with Crippen molar-refractivity contribution >= 4 is 21.7 Å². The maximum Gasteiger partial charge on any atom is 0.243 e. The minimum absolute atomic E-state index is 0.0310. The van der Waals surface area contributed by atoms with Crippen LogP contribution >= 0.6 is 0 Å². The number of rotatable bonds is 7. The van der Waals surface area contributed by atoms with E-state index in [2.05, 4.69) is 5.32 Å². The van der Waals surface area contributed by atoms with E-state index < -0.39 is 15.9 Å². The topological polar surface area (TPSA) is 96.7 Å². The van der Waals surface area contributed by atoms with E-state index in [1.807, 2.05) is 0 Å². The number of ketones is 1. The molecular weight excluding hydrogens is 332 g/mol. The van der Waals surface area contributed by atoms with Crippen molar-refractivity contribution in [3.8, 4) is 0 Å². The van der Waals surface area contributed by atoms with Crippen LogP contribution in [-0.4, -0.2) is 38.0 Å². The number of furan rings is 1. The van der Waals surface area contributed by atoms with Crippen molar-refractivity contribution in [2.75, 3.05) is 13.6 Å². The molecule has 0 atom stereocenters. The first-order chi connectivity index (χ1) is 11.3. The van der Waals surface area contributed by atoms with Gasteiger partial charge in [0.15, 0.2) is 5.78 Å². The van der Waals surface area contributed by atoms with Gasteiger partial charge >= 0.3 is 0 Å². The third-order valence-electron chi connectivity index (χ3n) is 3.35. The van der Waals surface area contributed by atoms with Crippen molar-refractivity contribution in [3.63, 3.8) is 0 Å². The number of likely N-dealkylation sites (N-methyl/N-ethyl adjacent to an activating group) is 1. The maximum atomic E-state index is 12.5. The van der Waals surface area contributed by atoms with E-state index in [9.17, 15) is 18.0 Å². The van der Waals surface area contributed by atoms with Crippen LogP contribution in [0.25, 0.3) is 0 Å². The van der Waals surface area contributed by atoms with Crippen LogP contribution in [0, 0.1) is 0 Å². The number of nitrogens with zero attached hydrogens (tertiary/aromatic N) is 1. The lowest BCUT2D eigenvalue weighted by Gasteiger charge is -2.17. The molecule has 0 saturated carbocycles. The molecule has 7 nitrogen and oxygen atoms in total. The van der Waals surface area contributed by atoms with Crippen molar-refractivity contribution < 1.29 is 22.4 Å². The van der Waals surface area contributed by atoms with Gasteiger partial charge in [-0.1, -0.05) is 12.1 Å². The molecule has 2 aromatic rings. The number of hydrogen-bond donors (Lipinski definition) is 1. The van der Waals surface area contributed by atoms with Gasteiger partial charge in [-0.3, -0.25) is 9.59 Å². The van der Waals surface area contributed by atoms with Gasteiger partial charge in [-0.05, 0) is 31.2 Å². The Morgan fingerprint density at radius 1 is 1.21 bits per heavy atom. The van der Waals surface area contributed by atoms with E-state index in [4.69, 9.17) is 4.42 Å². The van der Waals surface area contributed by atoms with Crippen LogP contribution in [0.2, 0.25) is 0 Å². The zero-order valence-corrected chi connectivity index (χ0v) is 14.2. The summed E-state index contributed by atoms with van der Waals surface area (Å²) >= 11 is 0. The van der Waals surface area contributed by atoms with Crippen LogP contribution in [-0.2, 0) is 21.4 Å². The summed E-state index contributed by atoms with van der Waals surface area (Å²) in [5, 5.41) is 2.58. The van der Waals surface area contributed by atoms with E-state index in [0.29, 0.717) is 11.3 Å². The van der Waals surface area contributed by atoms with E-state index in [0.717, 1.165) is 4.31 Å². The third kappa shape index (κ3) is 4.30. The fraction of sp³-hybridized carbons (Fsp3) is 0.250. The first-order valence-electron chi connectivity index (χ1n) is 7.17. The molecule has 0 aliphatic heterocycles. The predicted octanol–water partition coefficient (Wildman–Crippen LogP) is 1.42. The molecule has 0 aliphatic carbocycles. The maximum absolute atomic E-state index is 12.5. The molecule has 1 amide bonds. The molecule has 0 bridgehead atoms. The lowest BCUT2D eigenvalue weighted by atomic mass is 10.2. The summed E-state index contributed by atoms with van der Waals surface area (Å²) in [5.41, 5.74) is 0.298. The summed E-state index contributed by atoms with van der Waals surface area (Å²) in [5.74, 6) is -0.117. The van der Waals surface area contributed by atoms with Crippen molar-refractivity contribution in [1.29, 1.82) is 0 Å². The van der Waals surface area contributed by atoms with Crippen LogP contribution in [0.5, 0.6) is 0 Å². The van der Waals surface area contributed by atoms with Crippen LogP contribution < -0.4 is 5.32 Å². The molecule has 0 spiro atoms. The summed E-state index contributed by atoms with van der Waals surface area (Å²) in [4.78, 5) is 23.2.